The highest BCUT2D eigenvalue weighted by molar-refractivity contribution is 5.57. The van der Waals surface area contributed by atoms with Gasteiger partial charge in [0.15, 0.2) is 0 Å². The van der Waals surface area contributed by atoms with Crippen LogP contribution in [0.1, 0.15) is 0 Å². The van der Waals surface area contributed by atoms with E-state index < -0.39 is 0 Å². The molecule has 3 nitrogen and oxygen atoms in total. The van der Waals surface area contributed by atoms with E-state index >= 15 is 0 Å². The summed E-state index contributed by atoms with van der Waals surface area (Å²) in [4.78, 5) is 1.77. The normalized spacial score (nSPS) is 10.0. The van der Waals surface area contributed by atoms with Crippen LogP contribution in [0.5, 0.6) is 5.75 Å². The molecule has 0 spiro atoms. The van der Waals surface area contributed by atoms with Gasteiger partial charge in [0.1, 0.15) is 18.3 Å². The van der Waals surface area contributed by atoms with Crippen molar-refractivity contribution in [2.24, 2.45) is 0 Å². The van der Waals surface area contributed by atoms with Crippen LogP contribution in [0.15, 0.2) is 18.2 Å². The van der Waals surface area contributed by atoms with E-state index in [1.165, 1.54) is 12.1 Å². The van der Waals surface area contributed by atoms with Gasteiger partial charge in [0.05, 0.1) is 12.8 Å². The van der Waals surface area contributed by atoms with E-state index in [2.05, 4.69) is 0 Å². The zero-order valence-corrected chi connectivity index (χ0v) is 8.58. The number of hydrogen-bond donors (Lipinski definition) is 0. The molecule has 0 aliphatic heterocycles. The van der Waals surface area contributed by atoms with Crippen molar-refractivity contribution in [2.45, 2.75) is 0 Å². The maximum Gasteiger partial charge on any atom is 0.142 e. The largest absolute Gasteiger partial charge is 0.495 e. The van der Waals surface area contributed by atoms with E-state index in [4.69, 9.17) is 9.47 Å². The van der Waals surface area contributed by atoms with Gasteiger partial charge in [0.2, 0.25) is 0 Å². The topological polar surface area (TPSA) is 21.7 Å². The highest BCUT2D eigenvalue weighted by atomic mass is 19.1. The average molecular weight is 199 g/mol. The fourth-order valence-corrected chi connectivity index (χ4v) is 1.22. The van der Waals surface area contributed by atoms with Crippen LogP contribution < -0.4 is 9.64 Å². The van der Waals surface area contributed by atoms with Gasteiger partial charge in [-0.2, -0.15) is 0 Å². The molecule has 14 heavy (non-hydrogen) atoms. The van der Waals surface area contributed by atoms with Crippen molar-refractivity contribution in [1.29, 1.82) is 0 Å². The van der Waals surface area contributed by atoms with Crippen molar-refractivity contribution < 1.29 is 13.9 Å². The van der Waals surface area contributed by atoms with Gasteiger partial charge in [-0.05, 0) is 12.1 Å². The Kier molecular flexibility index (Phi) is 3.71. The first-order valence-corrected chi connectivity index (χ1v) is 4.22. The van der Waals surface area contributed by atoms with Gasteiger partial charge < -0.3 is 14.4 Å². The lowest BCUT2D eigenvalue weighted by Crippen LogP contribution is -2.20. The summed E-state index contributed by atoms with van der Waals surface area (Å²) >= 11 is 0. The summed E-state index contributed by atoms with van der Waals surface area (Å²) in [7, 11) is 4.94. The Morgan fingerprint density at radius 1 is 1.36 bits per heavy atom. The van der Waals surface area contributed by atoms with Gasteiger partial charge in [0.25, 0.3) is 0 Å². The Bertz CT molecular complexity index is 304. The van der Waals surface area contributed by atoms with Gasteiger partial charge in [-0.3, -0.25) is 0 Å². The fourth-order valence-electron chi connectivity index (χ4n) is 1.22. The minimum atomic E-state index is -0.288. The average Bonchev–Trinajstić information content (AvgIpc) is 2.18. The van der Waals surface area contributed by atoms with Gasteiger partial charge in [-0.15, -0.1) is 0 Å². The number of rotatable bonds is 4. The Morgan fingerprint density at radius 3 is 2.64 bits per heavy atom. The first-order chi connectivity index (χ1) is 6.69. The van der Waals surface area contributed by atoms with Gasteiger partial charge >= 0.3 is 0 Å². The fraction of sp³-hybridized carbons (Fsp3) is 0.400. The number of ether oxygens (including phenoxy) is 2. The zero-order chi connectivity index (χ0) is 10.6. The van der Waals surface area contributed by atoms with E-state index in [1.807, 2.05) is 0 Å². The highest BCUT2D eigenvalue weighted by Crippen LogP contribution is 2.27. The number of benzene rings is 1. The summed E-state index contributed by atoms with van der Waals surface area (Å²) in [5.74, 6) is 0.342. The molecule has 0 aliphatic carbocycles. The first-order valence-electron chi connectivity index (χ1n) is 4.22. The molecule has 0 saturated carbocycles. The predicted molar refractivity (Wildman–Crippen MR) is 53.2 cm³/mol. The molecule has 0 atom stereocenters. The van der Waals surface area contributed by atoms with Crippen LogP contribution in [-0.2, 0) is 4.74 Å². The quantitative estimate of drug-likeness (QED) is 0.691. The maximum absolute atomic E-state index is 13.0. The van der Waals surface area contributed by atoms with Crippen LogP contribution in [0, 0.1) is 5.82 Å². The van der Waals surface area contributed by atoms with Gasteiger partial charge in [0, 0.05) is 20.2 Å². The number of anilines is 1. The maximum atomic E-state index is 13.0. The number of hydrogen-bond acceptors (Lipinski definition) is 3. The second-order valence-electron chi connectivity index (χ2n) is 2.93. The molecule has 78 valence electrons. The molecule has 0 fully saturated rings. The van der Waals surface area contributed by atoms with Crippen LogP contribution in [0.2, 0.25) is 0 Å². The van der Waals surface area contributed by atoms with Crippen molar-refractivity contribution in [3.05, 3.63) is 24.0 Å². The summed E-state index contributed by atoms with van der Waals surface area (Å²) in [6, 6.07) is 4.37. The van der Waals surface area contributed by atoms with Gasteiger partial charge in [-0.25, -0.2) is 4.39 Å². The molecule has 1 aromatic rings. The molecule has 0 N–H and O–H groups in total. The standard InChI is InChI=1S/C10H14FNO2/c1-12(7-13-2)9-6-8(11)4-5-10(9)14-3/h4-6H,7H2,1-3H3. The molecule has 4 heteroatoms. The Hall–Kier alpha value is -1.29. The minimum Gasteiger partial charge on any atom is -0.495 e. The van der Waals surface area contributed by atoms with Crippen LogP contribution >= 0.6 is 0 Å². The first kappa shape index (κ1) is 10.8. The number of methoxy groups -OCH3 is 2. The predicted octanol–water partition coefficient (Wildman–Crippen LogP) is 1.87. The molecule has 0 amide bonds. The summed E-state index contributed by atoms with van der Waals surface area (Å²) in [5, 5.41) is 0. The van der Waals surface area contributed by atoms with Crippen LogP contribution in [0.4, 0.5) is 10.1 Å². The van der Waals surface area contributed by atoms with Crippen molar-refractivity contribution in [3.8, 4) is 5.75 Å². The van der Waals surface area contributed by atoms with Crippen LogP contribution in [0.3, 0.4) is 0 Å². The number of halogens is 1. The molecular formula is C10H14FNO2. The van der Waals surface area contributed by atoms with Gasteiger partial charge in [-0.1, -0.05) is 0 Å². The molecule has 0 radical (unpaired) electrons. The minimum absolute atomic E-state index is 0.288. The van der Waals surface area contributed by atoms with Crippen LogP contribution in [-0.4, -0.2) is 28.0 Å². The van der Waals surface area contributed by atoms with Crippen molar-refractivity contribution >= 4 is 5.69 Å². The lowest BCUT2D eigenvalue weighted by molar-refractivity contribution is 0.201. The molecule has 0 aromatic heterocycles. The Morgan fingerprint density at radius 2 is 2.07 bits per heavy atom. The van der Waals surface area contributed by atoms with E-state index in [-0.39, 0.29) is 5.82 Å². The van der Waals surface area contributed by atoms with Crippen LogP contribution in [0.25, 0.3) is 0 Å². The summed E-state index contributed by atoms with van der Waals surface area (Å²) in [6.07, 6.45) is 0. The lowest BCUT2D eigenvalue weighted by atomic mass is 10.2. The van der Waals surface area contributed by atoms with E-state index in [0.29, 0.717) is 18.2 Å². The Balaban J connectivity index is 2.97. The Labute approximate surface area is 83.0 Å². The SMILES string of the molecule is COCN(C)c1cc(F)ccc1OC. The lowest BCUT2D eigenvalue weighted by Gasteiger charge is -2.20. The molecule has 0 bridgehead atoms. The van der Waals surface area contributed by atoms with E-state index in [0.717, 1.165) is 0 Å². The summed E-state index contributed by atoms with van der Waals surface area (Å²) < 4.78 is 23.0. The molecule has 0 aliphatic rings. The number of nitrogens with zero attached hydrogens (tertiary/aromatic N) is 1. The molecule has 0 saturated heterocycles. The summed E-state index contributed by atoms with van der Waals surface area (Å²) in [6.45, 7) is 0.389. The highest BCUT2D eigenvalue weighted by Gasteiger charge is 2.08. The van der Waals surface area contributed by atoms with E-state index in [1.54, 1.807) is 32.2 Å². The third-order valence-corrected chi connectivity index (χ3v) is 1.87. The molecule has 1 rings (SSSR count). The van der Waals surface area contributed by atoms with Crippen molar-refractivity contribution in [3.63, 3.8) is 0 Å². The third-order valence-electron chi connectivity index (χ3n) is 1.87. The monoisotopic (exact) mass is 199 g/mol. The molecular weight excluding hydrogens is 185 g/mol. The third kappa shape index (κ3) is 2.35. The smallest absolute Gasteiger partial charge is 0.142 e. The molecule has 1 aromatic carbocycles. The van der Waals surface area contributed by atoms with Crippen molar-refractivity contribution in [1.82, 2.24) is 0 Å². The second kappa shape index (κ2) is 4.81. The second-order valence-corrected chi connectivity index (χ2v) is 2.93. The molecule has 0 heterocycles. The molecule has 0 unspecified atom stereocenters. The van der Waals surface area contributed by atoms with Crippen molar-refractivity contribution in [2.75, 3.05) is 32.9 Å². The zero-order valence-electron chi connectivity index (χ0n) is 8.58. The van der Waals surface area contributed by atoms with E-state index in [9.17, 15) is 4.39 Å². The summed E-state index contributed by atoms with van der Waals surface area (Å²) in [5.41, 5.74) is 0.675.